The number of hydrogen-bond donors (Lipinski definition) is 1. The summed E-state index contributed by atoms with van der Waals surface area (Å²) in [4.78, 5) is 0. The second-order valence-electron chi connectivity index (χ2n) is 4.46. The SMILES string of the molecule is CCCn1ncc(OC)c1C(N)c1ccc(F)cc1F. The van der Waals surface area contributed by atoms with Crippen LogP contribution in [0.4, 0.5) is 8.78 Å². The van der Waals surface area contributed by atoms with Crippen LogP contribution in [0.3, 0.4) is 0 Å². The summed E-state index contributed by atoms with van der Waals surface area (Å²) in [5.41, 5.74) is 6.91. The summed E-state index contributed by atoms with van der Waals surface area (Å²) >= 11 is 0. The first-order valence-electron chi connectivity index (χ1n) is 6.38. The highest BCUT2D eigenvalue weighted by Gasteiger charge is 2.22. The van der Waals surface area contributed by atoms with E-state index in [-0.39, 0.29) is 5.56 Å². The number of hydrogen-bond acceptors (Lipinski definition) is 3. The van der Waals surface area contributed by atoms with Crippen LogP contribution in [0.2, 0.25) is 0 Å². The molecule has 0 fully saturated rings. The van der Waals surface area contributed by atoms with E-state index in [2.05, 4.69) is 5.10 Å². The van der Waals surface area contributed by atoms with Crippen LogP contribution >= 0.6 is 0 Å². The molecule has 2 N–H and O–H groups in total. The molecule has 0 amide bonds. The van der Waals surface area contributed by atoms with Gasteiger partial charge in [0.1, 0.15) is 17.3 Å². The Labute approximate surface area is 116 Å². The van der Waals surface area contributed by atoms with Crippen molar-refractivity contribution in [2.45, 2.75) is 25.9 Å². The Bertz CT molecular complexity index is 598. The quantitative estimate of drug-likeness (QED) is 0.916. The van der Waals surface area contributed by atoms with Crippen LogP contribution < -0.4 is 10.5 Å². The summed E-state index contributed by atoms with van der Waals surface area (Å²) in [6.45, 7) is 2.65. The van der Waals surface area contributed by atoms with Crippen LogP contribution in [0, 0.1) is 11.6 Å². The minimum atomic E-state index is -0.764. The number of aryl methyl sites for hydroxylation is 1. The molecule has 1 aromatic carbocycles. The van der Waals surface area contributed by atoms with Gasteiger partial charge in [0.2, 0.25) is 0 Å². The van der Waals surface area contributed by atoms with Gasteiger partial charge in [0.25, 0.3) is 0 Å². The Balaban J connectivity index is 2.46. The summed E-state index contributed by atoms with van der Waals surface area (Å²) in [6, 6.07) is 2.59. The van der Waals surface area contributed by atoms with E-state index in [1.807, 2.05) is 6.92 Å². The Morgan fingerprint density at radius 3 is 2.75 bits per heavy atom. The van der Waals surface area contributed by atoms with E-state index in [9.17, 15) is 8.78 Å². The van der Waals surface area contributed by atoms with Gasteiger partial charge in [0, 0.05) is 18.2 Å². The monoisotopic (exact) mass is 281 g/mol. The van der Waals surface area contributed by atoms with Gasteiger partial charge in [-0.25, -0.2) is 8.78 Å². The molecule has 1 atom stereocenters. The lowest BCUT2D eigenvalue weighted by Gasteiger charge is -2.16. The topological polar surface area (TPSA) is 53.1 Å². The van der Waals surface area contributed by atoms with Gasteiger partial charge in [-0.15, -0.1) is 0 Å². The van der Waals surface area contributed by atoms with E-state index < -0.39 is 17.7 Å². The van der Waals surface area contributed by atoms with Crippen molar-refractivity contribution in [3.05, 3.63) is 47.3 Å². The van der Waals surface area contributed by atoms with Gasteiger partial charge in [-0.1, -0.05) is 13.0 Å². The van der Waals surface area contributed by atoms with Crippen molar-refractivity contribution in [2.75, 3.05) is 7.11 Å². The van der Waals surface area contributed by atoms with E-state index in [1.165, 1.54) is 19.2 Å². The normalized spacial score (nSPS) is 12.4. The van der Waals surface area contributed by atoms with Crippen LogP contribution in [0.25, 0.3) is 0 Å². The highest BCUT2D eigenvalue weighted by atomic mass is 19.1. The molecule has 2 aromatic rings. The minimum absolute atomic E-state index is 0.211. The second-order valence-corrected chi connectivity index (χ2v) is 4.46. The van der Waals surface area contributed by atoms with E-state index in [0.717, 1.165) is 12.5 Å². The summed E-state index contributed by atoms with van der Waals surface area (Å²) in [7, 11) is 1.50. The van der Waals surface area contributed by atoms with Crippen molar-refractivity contribution in [3.63, 3.8) is 0 Å². The third-order valence-corrected chi connectivity index (χ3v) is 3.09. The second kappa shape index (κ2) is 6.00. The van der Waals surface area contributed by atoms with Crippen LogP contribution in [0.5, 0.6) is 5.75 Å². The predicted molar refractivity (Wildman–Crippen MR) is 71.5 cm³/mol. The molecule has 1 aromatic heterocycles. The van der Waals surface area contributed by atoms with Crippen LogP contribution in [-0.2, 0) is 6.54 Å². The van der Waals surface area contributed by atoms with Gasteiger partial charge in [0.15, 0.2) is 5.75 Å². The van der Waals surface area contributed by atoms with Crippen molar-refractivity contribution in [2.24, 2.45) is 5.73 Å². The molecule has 0 aliphatic carbocycles. The molecule has 0 radical (unpaired) electrons. The molecular weight excluding hydrogens is 264 g/mol. The summed E-state index contributed by atoms with van der Waals surface area (Å²) in [5, 5.41) is 4.19. The molecular formula is C14H17F2N3O. The van der Waals surface area contributed by atoms with E-state index in [0.29, 0.717) is 18.0 Å². The van der Waals surface area contributed by atoms with Gasteiger partial charge in [-0.3, -0.25) is 4.68 Å². The molecule has 20 heavy (non-hydrogen) atoms. The average Bonchev–Trinajstić information content (AvgIpc) is 2.81. The Morgan fingerprint density at radius 2 is 2.15 bits per heavy atom. The zero-order valence-corrected chi connectivity index (χ0v) is 11.4. The number of benzene rings is 1. The average molecular weight is 281 g/mol. The molecule has 0 aliphatic heterocycles. The van der Waals surface area contributed by atoms with Crippen molar-refractivity contribution in [3.8, 4) is 5.75 Å². The number of methoxy groups -OCH3 is 1. The zero-order chi connectivity index (χ0) is 14.7. The molecule has 0 saturated carbocycles. The number of halogens is 2. The number of aromatic nitrogens is 2. The van der Waals surface area contributed by atoms with Gasteiger partial charge >= 0.3 is 0 Å². The first-order chi connectivity index (χ1) is 9.58. The third kappa shape index (κ3) is 2.65. The van der Waals surface area contributed by atoms with Crippen molar-refractivity contribution in [1.29, 1.82) is 0 Å². The van der Waals surface area contributed by atoms with E-state index in [1.54, 1.807) is 10.9 Å². The third-order valence-electron chi connectivity index (χ3n) is 3.09. The number of nitrogens with zero attached hydrogens (tertiary/aromatic N) is 2. The maximum absolute atomic E-state index is 13.9. The molecule has 1 unspecified atom stereocenters. The smallest absolute Gasteiger partial charge is 0.161 e. The maximum Gasteiger partial charge on any atom is 0.161 e. The Morgan fingerprint density at radius 1 is 1.40 bits per heavy atom. The highest BCUT2D eigenvalue weighted by molar-refractivity contribution is 5.36. The predicted octanol–water partition coefficient (Wildman–Crippen LogP) is 2.63. The molecule has 0 aliphatic rings. The fourth-order valence-electron chi connectivity index (χ4n) is 2.14. The van der Waals surface area contributed by atoms with Crippen LogP contribution in [-0.4, -0.2) is 16.9 Å². The first kappa shape index (κ1) is 14.5. The number of rotatable bonds is 5. The Hall–Kier alpha value is -1.95. The van der Waals surface area contributed by atoms with Gasteiger partial charge in [0.05, 0.1) is 19.3 Å². The molecule has 2 rings (SSSR count). The molecule has 4 nitrogen and oxygen atoms in total. The van der Waals surface area contributed by atoms with Gasteiger partial charge < -0.3 is 10.5 Å². The maximum atomic E-state index is 13.9. The van der Waals surface area contributed by atoms with Crippen molar-refractivity contribution >= 4 is 0 Å². The lowest BCUT2D eigenvalue weighted by Crippen LogP contribution is -2.19. The van der Waals surface area contributed by atoms with Crippen molar-refractivity contribution < 1.29 is 13.5 Å². The van der Waals surface area contributed by atoms with Crippen LogP contribution in [0.1, 0.15) is 30.6 Å². The van der Waals surface area contributed by atoms with E-state index in [4.69, 9.17) is 10.5 Å². The van der Waals surface area contributed by atoms with Crippen molar-refractivity contribution in [1.82, 2.24) is 9.78 Å². The molecule has 0 spiro atoms. The molecule has 1 heterocycles. The van der Waals surface area contributed by atoms with Gasteiger partial charge in [-0.05, 0) is 12.5 Å². The number of ether oxygens (including phenoxy) is 1. The Kier molecular flexibility index (Phi) is 4.34. The fraction of sp³-hybridized carbons (Fsp3) is 0.357. The highest BCUT2D eigenvalue weighted by Crippen LogP contribution is 2.29. The standard InChI is InChI=1S/C14H17F2N3O/c1-3-6-19-14(12(20-2)8-18-19)13(17)10-5-4-9(15)7-11(10)16/h4-5,7-8,13H,3,6,17H2,1-2H3. The minimum Gasteiger partial charge on any atom is -0.493 e. The van der Waals surface area contributed by atoms with Gasteiger partial charge in [-0.2, -0.15) is 5.10 Å². The lowest BCUT2D eigenvalue weighted by molar-refractivity contribution is 0.403. The lowest BCUT2D eigenvalue weighted by atomic mass is 10.0. The fourth-order valence-corrected chi connectivity index (χ4v) is 2.14. The molecule has 0 bridgehead atoms. The van der Waals surface area contributed by atoms with E-state index >= 15 is 0 Å². The zero-order valence-electron chi connectivity index (χ0n) is 11.4. The number of nitrogens with two attached hydrogens (primary N) is 1. The largest absolute Gasteiger partial charge is 0.493 e. The molecule has 6 heteroatoms. The van der Waals surface area contributed by atoms with Crippen LogP contribution in [0.15, 0.2) is 24.4 Å². The molecule has 0 saturated heterocycles. The molecule has 108 valence electrons. The summed E-state index contributed by atoms with van der Waals surface area (Å²) in [6.07, 6.45) is 2.41. The summed E-state index contributed by atoms with van der Waals surface area (Å²) in [5.74, 6) is -0.814. The first-order valence-corrected chi connectivity index (χ1v) is 6.38. The summed E-state index contributed by atoms with van der Waals surface area (Å²) < 4.78 is 33.7.